The molecule has 0 saturated carbocycles. The van der Waals surface area contributed by atoms with Crippen molar-refractivity contribution in [2.75, 3.05) is 10.9 Å². The summed E-state index contributed by atoms with van der Waals surface area (Å²) in [5.41, 5.74) is 6.25. The molecule has 2 N–H and O–H groups in total. The Kier molecular flexibility index (Phi) is 2.83. The van der Waals surface area contributed by atoms with Gasteiger partial charge in [-0.15, -0.1) is 23.4 Å². The van der Waals surface area contributed by atoms with Gasteiger partial charge in [-0.3, -0.25) is 4.98 Å². The number of anilines is 1. The van der Waals surface area contributed by atoms with Gasteiger partial charge in [-0.1, -0.05) is 0 Å². The van der Waals surface area contributed by atoms with Crippen LogP contribution in [0, 0.1) is 0 Å². The number of halogens is 1. The summed E-state index contributed by atoms with van der Waals surface area (Å²) < 4.78 is 0. The topological polar surface area (TPSA) is 38.9 Å². The fourth-order valence-electron chi connectivity index (χ4n) is 0.584. The van der Waals surface area contributed by atoms with Gasteiger partial charge in [-0.25, -0.2) is 0 Å². The molecule has 0 aliphatic heterocycles. The number of hydrogen-bond donors (Lipinski definition) is 1. The highest BCUT2D eigenvalue weighted by Gasteiger charge is 1.95. The summed E-state index contributed by atoms with van der Waals surface area (Å²) in [6.07, 6.45) is 3.32. The summed E-state index contributed by atoms with van der Waals surface area (Å²) in [5, 5.41) is 0.522. The quantitative estimate of drug-likeness (QED) is 0.550. The molecule has 2 nitrogen and oxygen atoms in total. The molecule has 54 valence electrons. The predicted octanol–water partition coefficient (Wildman–Crippen LogP) is 1.95. The summed E-state index contributed by atoms with van der Waals surface area (Å²) in [5.74, 6) is 0. The Balaban J connectivity index is 2.81. The Hall–Kier alpha value is -0.410. The molecule has 1 heterocycles. The number of nitrogens with zero attached hydrogens (tertiary/aromatic N) is 1. The Morgan fingerprint density at radius 2 is 2.50 bits per heavy atom. The number of nitrogen functional groups attached to an aromatic ring is 1. The molecular weight excluding hydrogens is 168 g/mol. The SMILES string of the molecule is Nc1cnccc1SCCl. The van der Waals surface area contributed by atoms with Crippen molar-refractivity contribution in [3.63, 3.8) is 0 Å². The van der Waals surface area contributed by atoms with Crippen LogP contribution in [-0.2, 0) is 0 Å². The van der Waals surface area contributed by atoms with Crippen LogP contribution in [0.15, 0.2) is 23.4 Å². The first kappa shape index (κ1) is 7.69. The number of thioether (sulfide) groups is 1. The fourth-order valence-corrected chi connectivity index (χ4v) is 1.43. The lowest BCUT2D eigenvalue weighted by Gasteiger charge is -1.99. The smallest absolute Gasteiger partial charge is 0.0728 e. The van der Waals surface area contributed by atoms with Gasteiger partial charge in [0.1, 0.15) is 0 Å². The molecule has 10 heavy (non-hydrogen) atoms. The minimum absolute atomic E-state index is 0.522. The molecule has 0 aliphatic rings. The third-order valence-electron chi connectivity index (χ3n) is 1.02. The monoisotopic (exact) mass is 174 g/mol. The van der Waals surface area contributed by atoms with Crippen molar-refractivity contribution in [3.8, 4) is 0 Å². The van der Waals surface area contributed by atoms with Gasteiger partial charge in [0.2, 0.25) is 0 Å². The second-order valence-electron chi connectivity index (χ2n) is 1.67. The van der Waals surface area contributed by atoms with E-state index in [-0.39, 0.29) is 0 Å². The van der Waals surface area contributed by atoms with E-state index in [1.54, 1.807) is 12.4 Å². The van der Waals surface area contributed by atoms with Crippen molar-refractivity contribution in [2.45, 2.75) is 4.90 Å². The molecule has 0 aliphatic carbocycles. The molecule has 0 fully saturated rings. The molecule has 4 heteroatoms. The maximum atomic E-state index is 5.56. The molecule has 0 aromatic carbocycles. The first-order valence-electron chi connectivity index (χ1n) is 2.73. The van der Waals surface area contributed by atoms with E-state index in [1.165, 1.54) is 11.8 Å². The first-order valence-corrected chi connectivity index (χ1v) is 4.25. The molecular formula is C6H7ClN2S. The average molecular weight is 175 g/mol. The molecule has 0 atom stereocenters. The lowest BCUT2D eigenvalue weighted by Crippen LogP contribution is -1.88. The highest BCUT2D eigenvalue weighted by atomic mass is 35.5. The van der Waals surface area contributed by atoms with E-state index >= 15 is 0 Å². The molecule has 0 radical (unpaired) electrons. The molecule has 0 saturated heterocycles. The van der Waals surface area contributed by atoms with Crippen LogP contribution in [0.5, 0.6) is 0 Å². The molecule has 1 rings (SSSR count). The Bertz CT molecular complexity index is 217. The normalized spacial score (nSPS) is 9.70. The minimum Gasteiger partial charge on any atom is -0.397 e. The third kappa shape index (κ3) is 1.78. The number of nitrogens with two attached hydrogens (primary N) is 1. The van der Waals surface area contributed by atoms with Crippen molar-refractivity contribution in [3.05, 3.63) is 18.5 Å². The van der Waals surface area contributed by atoms with Gasteiger partial charge in [0, 0.05) is 11.1 Å². The summed E-state index contributed by atoms with van der Waals surface area (Å²) in [7, 11) is 0. The van der Waals surface area contributed by atoms with E-state index < -0.39 is 0 Å². The van der Waals surface area contributed by atoms with E-state index in [9.17, 15) is 0 Å². The standard InChI is InChI=1S/C6H7ClN2S/c7-4-10-6-1-2-9-3-5(6)8/h1-3H,4,8H2. The highest BCUT2D eigenvalue weighted by molar-refractivity contribution is 8.00. The van der Waals surface area contributed by atoms with Gasteiger partial charge in [0.05, 0.1) is 17.1 Å². The van der Waals surface area contributed by atoms with Crippen LogP contribution in [0.2, 0.25) is 0 Å². The Morgan fingerprint density at radius 1 is 1.70 bits per heavy atom. The van der Waals surface area contributed by atoms with Gasteiger partial charge in [-0.05, 0) is 6.07 Å². The number of aromatic nitrogens is 1. The van der Waals surface area contributed by atoms with Crippen molar-refractivity contribution in [1.29, 1.82) is 0 Å². The zero-order chi connectivity index (χ0) is 7.40. The zero-order valence-corrected chi connectivity index (χ0v) is 6.82. The minimum atomic E-state index is 0.522. The summed E-state index contributed by atoms with van der Waals surface area (Å²) in [4.78, 5) is 4.84. The number of pyridine rings is 1. The molecule has 0 amide bonds. The van der Waals surface area contributed by atoms with Crippen molar-refractivity contribution < 1.29 is 0 Å². The van der Waals surface area contributed by atoms with Gasteiger partial charge in [-0.2, -0.15) is 0 Å². The zero-order valence-electron chi connectivity index (χ0n) is 5.25. The molecule has 1 aromatic heterocycles. The van der Waals surface area contributed by atoms with Crippen molar-refractivity contribution in [2.24, 2.45) is 0 Å². The van der Waals surface area contributed by atoms with Gasteiger partial charge >= 0.3 is 0 Å². The lowest BCUT2D eigenvalue weighted by molar-refractivity contribution is 1.27. The van der Waals surface area contributed by atoms with E-state index in [1.807, 2.05) is 6.07 Å². The van der Waals surface area contributed by atoms with Crippen LogP contribution >= 0.6 is 23.4 Å². The first-order chi connectivity index (χ1) is 4.84. The second-order valence-corrected chi connectivity index (χ2v) is 3.27. The van der Waals surface area contributed by atoms with E-state index in [2.05, 4.69) is 4.98 Å². The van der Waals surface area contributed by atoms with Crippen molar-refractivity contribution in [1.82, 2.24) is 4.98 Å². The highest BCUT2D eigenvalue weighted by Crippen LogP contribution is 2.23. The second kappa shape index (κ2) is 3.68. The maximum absolute atomic E-state index is 5.56. The van der Waals surface area contributed by atoms with E-state index in [4.69, 9.17) is 17.3 Å². The van der Waals surface area contributed by atoms with Crippen LogP contribution in [0.3, 0.4) is 0 Å². The van der Waals surface area contributed by atoms with Gasteiger partial charge in [0.25, 0.3) is 0 Å². The molecule has 0 spiro atoms. The summed E-state index contributed by atoms with van der Waals surface area (Å²) in [6, 6.07) is 1.85. The number of hydrogen-bond acceptors (Lipinski definition) is 3. The maximum Gasteiger partial charge on any atom is 0.0728 e. The molecule has 0 unspecified atom stereocenters. The van der Waals surface area contributed by atoms with Crippen LogP contribution < -0.4 is 5.73 Å². The Morgan fingerprint density at radius 3 is 3.10 bits per heavy atom. The number of alkyl halides is 1. The van der Waals surface area contributed by atoms with Crippen LogP contribution in [0.1, 0.15) is 0 Å². The molecule has 1 aromatic rings. The van der Waals surface area contributed by atoms with E-state index in [0.29, 0.717) is 10.9 Å². The van der Waals surface area contributed by atoms with Crippen LogP contribution in [0.4, 0.5) is 5.69 Å². The van der Waals surface area contributed by atoms with Gasteiger partial charge in [0.15, 0.2) is 0 Å². The van der Waals surface area contributed by atoms with Crippen LogP contribution in [-0.4, -0.2) is 10.2 Å². The average Bonchev–Trinajstić information content (AvgIpc) is 1.94. The summed E-state index contributed by atoms with van der Waals surface area (Å²) >= 11 is 7.00. The van der Waals surface area contributed by atoms with Crippen LogP contribution in [0.25, 0.3) is 0 Å². The predicted molar refractivity (Wildman–Crippen MR) is 45.2 cm³/mol. The summed E-state index contributed by atoms with van der Waals surface area (Å²) in [6.45, 7) is 0. The fraction of sp³-hybridized carbons (Fsp3) is 0.167. The lowest BCUT2D eigenvalue weighted by atomic mass is 10.4. The molecule has 0 bridgehead atoms. The van der Waals surface area contributed by atoms with E-state index in [0.717, 1.165) is 4.90 Å². The van der Waals surface area contributed by atoms with Crippen molar-refractivity contribution >= 4 is 29.1 Å². The largest absolute Gasteiger partial charge is 0.397 e. The van der Waals surface area contributed by atoms with Gasteiger partial charge < -0.3 is 5.73 Å². The Labute approximate surface area is 68.8 Å². The number of rotatable bonds is 2. The third-order valence-corrected chi connectivity index (χ3v) is 2.14.